The van der Waals surface area contributed by atoms with E-state index in [0.29, 0.717) is 0 Å². The molecule has 0 N–H and O–H groups in total. The van der Waals surface area contributed by atoms with E-state index in [1.807, 2.05) is 10.6 Å². The highest BCUT2D eigenvalue weighted by atomic mass is 79.9. The molecule has 0 aliphatic carbocycles. The van der Waals surface area contributed by atoms with E-state index in [2.05, 4.69) is 41.8 Å². The van der Waals surface area contributed by atoms with E-state index in [9.17, 15) is 0 Å². The summed E-state index contributed by atoms with van der Waals surface area (Å²) in [6, 6.07) is 0. The van der Waals surface area contributed by atoms with Gasteiger partial charge < -0.3 is 0 Å². The lowest BCUT2D eigenvalue weighted by Gasteiger charge is -1.93. The van der Waals surface area contributed by atoms with Crippen LogP contribution in [0.4, 0.5) is 0 Å². The van der Waals surface area contributed by atoms with E-state index < -0.39 is 0 Å². The molecule has 0 aromatic carbocycles. The first-order valence-corrected chi connectivity index (χ1v) is 4.50. The Morgan fingerprint density at radius 1 is 1.18 bits per heavy atom. The highest BCUT2D eigenvalue weighted by molar-refractivity contribution is 9.10. The molecule has 0 fully saturated rings. The summed E-state index contributed by atoms with van der Waals surface area (Å²) in [4.78, 5) is 8.13. The Bertz CT molecular complexity index is 396. The van der Waals surface area contributed by atoms with Crippen molar-refractivity contribution in [1.29, 1.82) is 0 Å². The molecule has 5 heteroatoms. The molecule has 0 atom stereocenters. The minimum Gasteiger partial charge on any atom is -0.290 e. The number of aromatic nitrogens is 3. The monoisotopic (exact) mass is 275 g/mol. The van der Waals surface area contributed by atoms with Crippen molar-refractivity contribution in [2.45, 2.75) is 0 Å². The fourth-order valence-electron chi connectivity index (χ4n) is 0.836. The molecule has 56 valence electrons. The maximum absolute atomic E-state index is 4.09. The maximum atomic E-state index is 4.09. The molecule has 0 unspecified atom stereocenters. The van der Waals surface area contributed by atoms with Gasteiger partial charge in [0.25, 0.3) is 0 Å². The van der Waals surface area contributed by atoms with Crippen molar-refractivity contribution in [3.05, 3.63) is 27.8 Å². The van der Waals surface area contributed by atoms with E-state index in [-0.39, 0.29) is 0 Å². The van der Waals surface area contributed by atoms with Crippen LogP contribution in [0.2, 0.25) is 0 Å². The van der Waals surface area contributed by atoms with Crippen LogP contribution in [-0.4, -0.2) is 14.4 Å². The zero-order valence-corrected chi connectivity index (χ0v) is 8.50. The van der Waals surface area contributed by atoms with Gasteiger partial charge in [-0.3, -0.25) is 4.40 Å². The summed E-state index contributed by atoms with van der Waals surface area (Å²) in [5, 5.41) is 0. The predicted molar refractivity (Wildman–Crippen MR) is 48.4 cm³/mol. The molecule has 11 heavy (non-hydrogen) atoms. The lowest BCUT2D eigenvalue weighted by molar-refractivity contribution is 1.08. The standard InChI is InChI=1S/C6H3Br2N3/c7-4-3-11-5(8)1-10-6(11)2-9-4/h1-3H. The summed E-state index contributed by atoms with van der Waals surface area (Å²) in [6.07, 6.45) is 5.30. The predicted octanol–water partition coefficient (Wildman–Crippen LogP) is 2.25. The molecule has 0 aliphatic rings. The van der Waals surface area contributed by atoms with E-state index >= 15 is 0 Å². The van der Waals surface area contributed by atoms with Gasteiger partial charge in [-0.2, -0.15) is 0 Å². The molecule has 2 heterocycles. The van der Waals surface area contributed by atoms with Crippen LogP contribution in [0.5, 0.6) is 0 Å². The van der Waals surface area contributed by atoms with Crippen molar-refractivity contribution in [3.8, 4) is 0 Å². The number of imidazole rings is 1. The molecule has 0 aliphatic heterocycles. The Labute approximate surface area is 79.7 Å². The normalized spacial score (nSPS) is 10.7. The highest BCUT2D eigenvalue weighted by Crippen LogP contribution is 2.14. The second kappa shape index (κ2) is 2.57. The molecule has 2 aromatic heterocycles. The van der Waals surface area contributed by atoms with Crippen LogP contribution < -0.4 is 0 Å². The smallest absolute Gasteiger partial charge is 0.156 e. The summed E-state index contributed by atoms with van der Waals surface area (Å²) in [5.41, 5.74) is 0.833. The fourth-order valence-corrected chi connectivity index (χ4v) is 1.53. The van der Waals surface area contributed by atoms with E-state index in [1.165, 1.54) is 0 Å². The van der Waals surface area contributed by atoms with Crippen LogP contribution in [0.1, 0.15) is 0 Å². The lowest BCUT2D eigenvalue weighted by atomic mass is 10.7. The van der Waals surface area contributed by atoms with Crippen molar-refractivity contribution in [2.24, 2.45) is 0 Å². The zero-order valence-electron chi connectivity index (χ0n) is 5.33. The Morgan fingerprint density at radius 3 is 2.82 bits per heavy atom. The second-order valence-corrected chi connectivity index (χ2v) is 3.64. The quantitative estimate of drug-likeness (QED) is 0.739. The molecule has 2 rings (SSSR count). The van der Waals surface area contributed by atoms with Crippen LogP contribution >= 0.6 is 31.9 Å². The average Bonchev–Trinajstić information content (AvgIpc) is 2.33. The van der Waals surface area contributed by atoms with Crippen LogP contribution in [0.3, 0.4) is 0 Å². The average molecular weight is 277 g/mol. The minimum atomic E-state index is 0.795. The third-order valence-electron chi connectivity index (χ3n) is 1.32. The van der Waals surface area contributed by atoms with Gasteiger partial charge in [0.2, 0.25) is 0 Å². The summed E-state index contributed by atoms with van der Waals surface area (Å²) in [7, 11) is 0. The lowest BCUT2D eigenvalue weighted by Crippen LogP contribution is -1.86. The number of rotatable bonds is 0. The molecular formula is C6H3Br2N3. The fraction of sp³-hybridized carbons (Fsp3) is 0. The SMILES string of the molecule is Brc1cn2c(Br)cnc2cn1. The molecule has 0 saturated heterocycles. The summed E-state index contributed by atoms with van der Waals surface area (Å²) < 4.78 is 3.62. The van der Waals surface area contributed by atoms with Gasteiger partial charge in [-0.1, -0.05) is 0 Å². The molecule has 3 nitrogen and oxygen atoms in total. The number of hydrogen-bond acceptors (Lipinski definition) is 2. The number of hydrogen-bond donors (Lipinski definition) is 0. The van der Waals surface area contributed by atoms with Crippen LogP contribution in [0.25, 0.3) is 5.65 Å². The van der Waals surface area contributed by atoms with Crippen molar-refractivity contribution >= 4 is 37.5 Å². The maximum Gasteiger partial charge on any atom is 0.156 e. The molecule has 0 radical (unpaired) electrons. The first kappa shape index (κ1) is 7.24. The van der Waals surface area contributed by atoms with Gasteiger partial charge in [-0.25, -0.2) is 9.97 Å². The first-order chi connectivity index (χ1) is 5.27. The molecule has 2 aromatic rings. The molecule has 0 bridgehead atoms. The minimum absolute atomic E-state index is 0.795. The summed E-state index contributed by atoms with van der Waals surface area (Å²) in [5.74, 6) is 0. The number of nitrogens with zero attached hydrogens (tertiary/aromatic N) is 3. The van der Waals surface area contributed by atoms with E-state index in [4.69, 9.17) is 0 Å². The van der Waals surface area contributed by atoms with Crippen molar-refractivity contribution in [3.63, 3.8) is 0 Å². The zero-order chi connectivity index (χ0) is 7.84. The van der Waals surface area contributed by atoms with Gasteiger partial charge in [-0.15, -0.1) is 0 Å². The second-order valence-electron chi connectivity index (χ2n) is 2.02. The Balaban J connectivity index is 2.87. The topological polar surface area (TPSA) is 30.2 Å². The summed E-state index contributed by atoms with van der Waals surface area (Å²) in [6.45, 7) is 0. The molecular weight excluding hydrogens is 274 g/mol. The van der Waals surface area contributed by atoms with E-state index in [1.54, 1.807) is 12.4 Å². The van der Waals surface area contributed by atoms with Crippen LogP contribution in [0.15, 0.2) is 27.8 Å². The number of halogens is 2. The largest absolute Gasteiger partial charge is 0.290 e. The Hall–Kier alpha value is -0.420. The highest BCUT2D eigenvalue weighted by Gasteiger charge is 1.99. The Kier molecular flexibility index (Phi) is 1.69. The molecule has 0 spiro atoms. The van der Waals surface area contributed by atoms with Crippen molar-refractivity contribution in [2.75, 3.05) is 0 Å². The summed E-state index contributed by atoms with van der Waals surface area (Å²) >= 11 is 6.62. The van der Waals surface area contributed by atoms with Gasteiger partial charge in [0.05, 0.1) is 12.4 Å². The number of fused-ring (bicyclic) bond motifs is 1. The van der Waals surface area contributed by atoms with Gasteiger partial charge >= 0.3 is 0 Å². The third-order valence-corrected chi connectivity index (χ3v) is 2.32. The van der Waals surface area contributed by atoms with Crippen LogP contribution in [-0.2, 0) is 0 Å². The van der Waals surface area contributed by atoms with Crippen molar-refractivity contribution < 1.29 is 0 Å². The Morgan fingerprint density at radius 2 is 2.00 bits per heavy atom. The molecule has 0 amide bonds. The van der Waals surface area contributed by atoms with Crippen LogP contribution in [0, 0.1) is 0 Å². The molecule has 0 saturated carbocycles. The third kappa shape index (κ3) is 1.18. The first-order valence-electron chi connectivity index (χ1n) is 2.91. The van der Waals surface area contributed by atoms with E-state index in [0.717, 1.165) is 14.9 Å². The van der Waals surface area contributed by atoms with Gasteiger partial charge in [0.1, 0.15) is 9.21 Å². The van der Waals surface area contributed by atoms with Gasteiger partial charge in [-0.05, 0) is 31.9 Å². The van der Waals surface area contributed by atoms with Gasteiger partial charge in [0.15, 0.2) is 5.65 Å². The van der Waals surface area contributed by atoms with Gasteiger partial charge in [0, 0.05) is 6.20 Å². The van der Waals surface area contributed by atoms with Crippen molar-refractivity contribution in [1.82, 2.24) is 14.4 Å².